The maximum atomic E-state index is 11.5. The zero-order valence-corrected chi connectivity index (χ0v) is 11.6. The average molecular weight is 279 g/mol. The molecule has 0 spiro atoms. The van der Waals surface area contributed by atoms with E-state index in [4.69, 9.17) is 5.73 Å². The van der Waals surface area contributed by atoms with Crippen LogP contribution in [0.4, 0.5) is 4.79 Å². The summed E-state index contributed by atoms with van der Waals surface area (Å²) in [5.41, 5.74) is 5.60. The van der Waals surface area contributed by atoms with E-state index in [0.29, 0.717) is 12.5 Å². The number of carbonyl (C=O) groups is 2. The van der Waals surface area contributed by atoms with Gasteiger partial charge in [0.05, 0.1) is 6.54 Å². The molecule has 6 nitrogen and oxygen atoms in total. The molecular weight excluding hydrogens is 256 g/mol. The lowest BCUT2D eigenvalue weighted by Crippen LogP contribution is -2.46. The second-order valence-corrected chi connectivity index (χ2v) is 4.36. The van der Waals surface area contributed by atoms with E-state index in [1.165, 1.54) is 0 Å². The van der Waals surface area contributed by atoms with Gasteiger partial charge < -0.3 is 11.1 Å². The first kappa shape index (κ1) is 17.2. The number of imide groups is 1. The Morgan fingerprint density at radius 2 is 1.94 bits per heavy atom. The van der Waals surface area contributed by atoms with E-state index in [9.17, 15) is 9.59 Å². The summed E-state index contributed by atoms with van der Waals surface area (Å²) in [6.45, 7) is 5.09. The predicted molar refractivity (Wildman–Crippen MR) is 72.7 cm³/mol. The van der Waals surface area contributed by atoms with Crippen LogP contribution in [0.2, 0.25) is 0 Å². The van der Waals surface area contributed by atoms with Crippen LogP contribution in [0.5, 0.6) is 0 Å². The first-order valence-corrected chi connectivity index (χ1v) is 6.15. The number of carbonyl (C=O) groups excluding carboxylic acids is 2. The number of hydrogen-bond acceptors (Lipinski definition) is 4. The first-order valence-electron chi connectivity index (χ1n) is 6.15. The van der Waals surface area contributed by atoms with Crippen molar-refractivity contribution in [3.8, 4) is 0 Å². The number of rotatable bonds is 4. The minimum absolute atomic E-state index is 0. The third-order valence-corrected chi connectivity index (χ3v) is 3.00. The molecule has 0 aliphatic carbocycles. The number of amides is 3. The van der Waals surface area contributed by atoms with Crippen LogP contribution in [0.3, 0.4) is 0 Å². The number of nitrogens with zero attached hydrogens (tertiary/aromatic N) is 1. The Kier molecular flexibility index (Phi) is 8.70. The Balaban J connectivity index is 0.00000289. The summed E-state index contributed by atoms with van der Waals surface area (Å²) in [7, 11) is 0. The number of nitrogens with one attached hydrogen (secondary N) is 2. The van der Waals surface area contributed by atoms with Gasteiger partial charge in [0.25, 0.3) is 0 Å². The molecular formula is C11H23ClN4O2. The van der Waals surface area contributed by atoms with Gasteiger partial charge in [0, 0.05) is 6.54 Å². The number of piperidine rings is 1. The van der Waals surface area contributed by atoms with Crippen molar-refractivity contribution in [1.82, 2.24) is 15.5 Å². The third kappa shape index (κ3) is 6.18. The SMILES string of the molecule is CCNC(=O)NC(=O)CN1CCC(CN)CC1.Cl. The lowest BCUT2D eigenvalue weighted by molar-refractivity contribution is -0.121. The number of nitrogens with two attached hydrogens (primary N) is 1. The highest BCUT2D eigenvalue weighted by Crippen LogP contribution is 2.14. The molecule has 7 heteroatoms. The molecule has 0 aromatic rings. The molecule has 0 aromatic heterocycles. The molecule has 0 aromatic carbocycles. The van der Waals surface area contributed by atoms with Crippen LogP contribution < -0.4 is 16.4 Å². The molecule has 1 aliphatic heterocycles. The largest absolute Gasteiger partial charge is 0.338 e. The Bertz CT molecular complexity index is 268. The molecule has 18 heavy (non-hydrogen) atoms. The number of halogens is 1. The lowest BCUT2D eigenvalue weighted by atomic mass is 9.97. The normalized spacial score (nSPS) is 16.8. The van der Waals surface area contributed by atoms with E-state index in [0.717, 1.165) is 32.5 Å². The van der Waals surface area contributed by atoms with Crippen molar-refractivity contribution in [2.45, 2.75) is 19.8 Å². The van der Waals surface area contributed by atoms with Gasteiger partial charge in [-0.3, -0.25) is 15.0 Å². The Hall–Kier alpha value is -0.850. The van der Waals surface area contributed by atoms with E-state index in [1.807, 2.05) is 6.92 Å². The van der Waals surface area contributed by atoms with Gasteiger partial charge in [-0.15, -0.1) is 12.4 Å². The van der Waals surface area contributed by atoms with Gasteiger partial charge in [0.15, 0.2) is 0 Å². The highest BCUT2D eigenvalue weighted by Gasteiger charge is 2.20. The minimum atomic E-state index is -0.422. The van der Waals surface area contributed by atoms with Crippen LogP contribution in [-0.2, 0) is 4.79 Å². The molecule has 1 fully saturated rings. The molecule has 1 heterocycles. The molecule has 106 valence electrons. The second kappa shape index (κ2) is 9.13. The summed E-state index contributed by atoms with van der Waals surface area (Å²) in [6, 6.07) is -0.422. The topological polar surface area (TPSA) is 87.5 Å². The summed E-state index contributed by atoms with van der Waals surface area (Å²) >= 11 is 0. The van der Waals surface area contributed by atoms with Crippen LogP contribution in [0.1, 0.15) is 19.8 Å². The Labute approximate surface area is 114 Å². The minimum Gasteiger partial charge on any atom is -0.338 e. The zero-order chi connectivity index (χ0) is 12.7. The lowest BCUT2D eigenvalue weighted by Gasteiger charge is -2.30. The predicted octanol–water partition coefficient (Wildman–Crippen LogP) is -0.0754. The smallest absolute Gasteiger partial charge is 0.321 e. The summed E-state index contributed by atoms with van der Waals surface area (Å²) < 4.78 is 0. The van der Waals surface area contributed by atoms with E-state index in [2.05, 4.69) is 15.5 Å². The quantitative estimate of drug-likeness (QED) is 0.671. The van der Waals surface area contributed by atoms with Crippen LogP contribution in [0.25, 0.3) is 0 Å². The van der Waals surface area contributed by atoms with Crippen LogP contribution in [0, 0.1) is 5.92 Å². The van der Waals surface area contributed by atoms with Crippen LogP contribution in [0.15, 0.2) is 0 Å². The van der Waals surface area contributed by atoms with Gasteiger partial charge in [0.2, 0.25) is 5.91 Å². The van der Waals surface area contributed by atoms with Gasteiger partial charge in [-0.2, -0.15) is 0 Å². The average Bonchev–Trinajstić information content (AvgIpc) is 2.30. The fourth-order valence-electron chi connectivity index (χ4n) is 1.95. The fourth-order valence-corrected chi connectivity index (χ4v) is 1.95. The standard InChI is InChI=1S/C11H22N4O2.ClH/c1-2-13-11(17)14-10(16)8-15-5-3-9(7-12)4-6-15;/h9H,2-8,12H2,1H3,(H2,13,14,16,17);1H. The Morgan fingerprint density at radius 1 is 1.33 bits per heavy atom. The second-order valence-electron chi connectivity index (χ2n) is 4.36. The van der Waals surface area contributed by atoms with Gasteiger partial charge in [-0.25, -0.2) is 4.79 Å². The van der Waals surface area contributed by atoms with E-state index < -0.39 is 6.03 Å². The maximum Gasteiger partial charge on any atom is 0.321 e. The monoisotopic (exact) mass is 278 g/mol. The molecule has 0 saturated carbocycles. The van der Waals surface area contributed by atoms with Crippen molar-refractivity contribution in [2.75, 3.05) is 32.7 Å². The zero-order valence-electron chi connectivity index (χ0n) is 10.8. The van der Waals surface area contributed by atoms with E-state index in [-0.39, 0.29) is 24.9 Å². The van der Waals surface area contributed by atoms with Crippen molar-refractivity contribution in [1.29, 1.82) is 0 Å². The molecule has 0 bridgehead atoms. The highest BCUT2D eigenvalue weighted by molar-refractivity contribution is 5.95. The molecule has 0 unspecified atom stereocenters. The van der Waals surface area contributed by atoms with Crippen LogP contribution in [-0.4, -0.2) is 49.6 Å². The van der Waals surface area contributed by atoms with Crippen molar-refractivity contribution in [2.24, 2.45) is 11.7 Å². The van der Waals surface area contributed by atoms with E-state index >= 15 is 0 Å². The molecule has 0 radical (unpaired) electrons. The summed E-state index contributed by atoms with van der Waals surface area (Å²) in [6.07, 6.45) is 2.07. The summed E-state index contributed by atoms with van der Waals surface area (Å²) in [5, 5.41) is 4.82. The maximum absolute atomic E-state index is 11.5. The van der Waals surface area contributed by atoms with Crippen molar-refractivity contribution >= 4 is 24.3 Å². The molecule has 3 amide bonds. The first-order chi connectivity index (χ1) is 8.15. The molecule has 1 saturated heterocycles. The van der Waals surface area contributed by atoms with Gasteiger partial charge in [0.1, 0.15) is 0 Å². The van der Waals surface area contributed by atoms with Gasteiger partial charge in [-0.1, -0.05) is 0 Å². The third-order valence-electron chi connectivity index (χ3n) is 3.00. The molecule has 0 atom stereocenters. The molecule has 1 aliphatic rings. The van der Waals surface area contributed by atoms with Crippen molar-refractivity contribution in [3.05, 3.63) is 0 Å². The van der Waals surface area contributed by atoms with Crippen LogP contribution >= 0.6 is 12.4 Å². The van der Waals surface area contributed by atoms with Gasteiger partial charge >= 0.3 is 6.03 Å². The van der Waals surface area contributed by atoms with Gasteiger partial charge in [-0.05, 0) is 45.3 Å². The van der Waals surface area contributed by atoms with Crippen molar-refractivity contribution in [3.63, 3.8) is 0 Å². The summed E-state index contributed by atoms with van der Waals surface area (Å²) in [4.78, 5) is 24.7. The van der Waals surface area contributed by atoms with Crippen molar-refractivity contribution < 1.29 is 9.59 Å². The number of likely N-dealkylation sites (tertiary alicyclic amines) is 1. The molecule has 4 N–H and O–H groups in total. The Morgan fingerprint density at radius 3 is 2.44 bits per heavy atom. The molecule has 1 rings (SSSR count). The summed E-state index contributed by atoms with van der Waals surface area (Å²) in [5.74, 6) is 0.333. The highest BCUT2D eigenvalue weighted by atomic mass is 35.5. The number of urea groups is 1. The van der Waals surface area contributed by atoms with E-state index in [1.54, 1.807) is 0 Å². The number of hydrogen-bond donors (Lipinski definition) is 3. The fraction of sp³-hybridized carbons (Fsp3) is 0.818.